The molecule has 134 valence electrons. The highest BCUT2D eigenvalue weighted by Crippen LogP contribution is 2.23. The van der Waals surface area contributed by atoms with E-state index in [-0.39, 0.29) is 5.56 Å². The van der Waals surface area contributed by atoms with Crippen LogP contribution in [0.5, 0.6) is 0 Å². The Morgan fingerprint density at radius 3 is 2.56 bits per heavy atom. The molecule has 7 nitrogen and oxygen atoms in total. The van der Waals surface area contributed by atoms with Gasteiger partial charge in [0.1, 0.15) is 5.82 Å². The van der Waals surface area contributed by atoms with E-state index in [0.29, 0.717) is 6.42 Å². The smallest absolute Gasteiger partial charge is 0.323 e. The SMILES string of the molecule is CCC(C)N1C(=O)NC(=O)C(C(=O)C[C@@H](N)c2ccccc2F)C1=O. The second kappa shape index (κ2) is 7.52. The zero-order valence-corrected chi connectivity index (χ0v) is 14.0. The summed E-state index contributed by atoms with van der Waals surface area (Å²) in [6.45, 7) is 3.41. The van der Waals surface area contributed by atoms with Gasteiger partial charge in [-0.1, -0.05) is 25.1 Å². The van der Waals surface area contributed by atoms with Gasteiger partial charge in [0.15, 0.2) is 11.7 Å². The normalized spacial score (nSPS) is 20.2. The van der Waals surface area contributed by atoms with Crippen molar-refractivity contribution in [3.8, 4) is 0 Å². The molecule has 1 fully saturated rings. The molecule has 1 aliphatic heterocycles. The molecule has 1 heterocycles. The molecule has 0 radical (unpaired) electrons. The van der Waals surface area contributed by atoms with Crippen LogP contribution in [-0.4, -0.2) is 34.6 Å². The molecule has 2 unspecified atom stereocenters. The van der Waals surface area contributed by atoms with Crippen LogP contribution >= 0.6 is 0 Å². The molecular weight excluding hydrogens is 329 g/mol. The number of barbiturate groups is 1. The molecule has 2 rings (SSSR count). The highest BCUT2D eigenvalue weighted by Gasteiger charge is 2.46. The molecule has 8 heteroatoms. The van der Waals surface area contributed by atoms with Crippen molar-refractivity contribution in [2.75, 3.05) is 0 Å². The Kier molecular flexibility index (Phi) is 5.63. The van der Waals surface area contributed by atoms with Gasteiger partial charge in [0.05, 0.1) is 0 Å². The van der Waals surface area contributed by atoms with Crippen molar-refractivity contribution in [1.82, 2.24) is 10.2 Å². The van der Waals surface area contributed by atoms with Crippen molar-refractivity contribution in [1.29, 1.82) is 0 Å². The van der Waals surface area contributed by atoms with E-state index in [1.165, 1.54) is 18.2 Å². The lowest BCUT2D eigenvalue weighted by Gasteiger charge is -2.33. The van der Waals surface area contributed by atoms with E-state index < -0.39 is 53.9 Å². The predicted molar refractivity (Wildman–Crippen MR) is 86.6 cm³/mol. The maximum absolute atomic E-state index is 13.8. The van der Waals surface area contributed by atoms with Crippen LogP contribution in [0.3, 0.4) is 0 Å². The van der Waals surface area contributed by atoms with E-state index in [0.717, 1.165) is 4.90 Å². The van der Waals surface area contributed by atoms with Gasteiger partial charge in [-0.2, -0.15) is 0 Å². The Balaban J connectivity index is 2.19. The summed E-state index contributed by atoms with van der Waals surface area (Å²) in [4.78, 5) is 49.7. The Labute approximate surface area is 144 Å². The van der Waals surface area contributed by atoms with Crippen molar-refractivity contribution in [2.45, 2.75) is 38.8 Å². The molecule has 1 aliphatic rings. The zero-order chi connectivity index (χ0) is 18.7. The number of hydrogen-bond donors (Lipinski definition) is 2. The average Bonchev–Trinajstić information content (AvgIpc) is 2.54. The lowest BCUT2D eigenvalue weighted by Crippen LogP contribution is -2.62. The third kappa shape index (κ3) is 3.74. The number of imide groups is 2. The van der Waals surface area contributed by atoms with Gasteiger partial charge in [-0.05, 0) is 19.4 Å². The molecule has 0 aromatic heterocycles. The van der Waals surface area contributed by atoms with E-state index in [1.54, 1.807) is 19.9 Å². The number of ketones is 1. The highest BCUT2D eigenvalue weighted by atomic mass is 19.1. The molecule has 0 bridgehead atoms. The largest absolute Gasteiger partial charge is 0.331 e. The van der Waals surface area contributed by atoms with Crippen molar-refractivity contribution in [3.05, 3.63) is 35.6 Å². The van der Waals surface area contributed by atoms with Crippen molar-refractivity contribution in [2.24, 2.45) is 11.7 Å². The summed E-state index contributed by atoms with van der Waals surface area (Å²) in [7, 11) is 0. The van der Waals surface area contributed by atoms with Gasteiger partial charge in [0, 0.05) is 24.1 Å². The van der Waals surface area contributed by atoms with Crippen molar-refractivity contribution in [3.63, 3.8) is 0 Å². The number of nitrogens with one attached hydrogen (secondary N) is 1. The van der Waals surface area contributed by atoms with Gasteiger partial charge in [0.25, 0.3) is 5.91 Å². The Morgan fingerprint density at radius 1 is 1.32 bits per heavy atom. The number of Topliss-reactive ketones (excluding diaryl/α,β-unsaturated/α-hetero) is 1. The van der Waals surface area contributed by atoms with Gasteiger partial charge >= 0.3 is 6.03 Å². The number of rotatable bonds is 6. The van der Waals surface area contributed by atoms with Gasteiger partial charge in [-0.25, -0.2) is 9.18 Å². The Hall–Kier alpha value is -2.61. The Bertz CT molecular complexity index is 722. The summed E-state index contributed by atoms with van der Waals surface area (Å²) in [6, 6.07) is 3.41. The van der Waals surface area contributed by atoms with E-state index in [1.807, 2.05) is 5.32 Å². The minimum absolute atomic E-state index is 0.120. The van der Waals surface area contributed by atoms with Crippen LogP contribution in [0, 0.1) is 11.7 Å². The maximum Gasteiger partial charge on any atom is 0.331 e. The molecule has 25 heavy (non-hydrogen) atoms. The van der Waals surface area contributed by atoms with Gasteiger partial charge in [0.2, 0.25) is 5.91 Å². The number of nitrogens with zero attached hydrogens (tertiary/aromatic N) is 1. The van der Waals surface area contributed by atoms with Gasteiger partial charge in [-0.15, -0.1) is 0 Å². The van der Waals surface area contributed by atoms with Crippen LogP contribution in [0.25, 0.3) is 0 Å². The van der Waals surface area contributed by atoms with Crippen LogP contribution in [0.4, 0.5) is 9.18 Å². The van der Waals surface area contributed by atoms with Crippen LogP contribution in [0.2, 0.25) is 0 Å². The fraction of sp³-hybridized carbons (Fsp3) is 0.412. The van der Waals surface area contributed by atoms with E-state index in [4.69, 9.17) is 5.73 Å². The quantitative estimate of drug-likeness (QED) is 0.752. The standard InChI is InChI=1S/C17H20FN3O4/c1-3-9(2)21-16(24)14(15(23)20-17(21)25)13(22)8-12(19)10-6-4-5-7-11(10)18/h4-7,9,12,14H,3,8,19H2,1-2H3,(H,20,23,25)/t9?,12-,14?/m1/s1. The summed E-state index contributed by atoms with van der Waals surface area (Å²) in [6.07, 6.45) is 0.0797. The van der Waals surface area contributed by atoms with Gasteiger partial charge in [-0.3, -0.25) is 24.6 Å². The summed E-state index contributed by atoms with van der Waals surface area (Å²) < 4.78 is 13.8. The lowest BCUT2D eigenvalue weighted by molar-refractivity contribution is -0.148. The van der Waals surface area contributed by atoms with Gasteiger partial charge < -0.3 is 5.73 Å². The minimum Gasteiger partial charge on any atom is -0.323 e. The van der Waals surface area contributed by atoms with Crippen LogP contribution in [0.15, 0.2) is 24.3 Å². The molecular formula is C17H20FN3O4. The topological polar surface area (TPSA) is 110 Å². The van der Waals surface area contributed by atoms with E-state index in [2.05, 4.69) is 0 Å². The third-order valence-corrected chi connectivity index (χ3v) is 4.27. The number of benzene rings is 1. The number of halogens is 1. The average molecular weight is 349 g/mol. The minimum atomic E-state index is -1.65. The number of hydrogen-bond acceptors (Lipinski definition) is 5. The summed E-state index contributed by atoms with van der Waals surface area (Å²) >= 11 is 0. The summed E-state index contributed by atoms with van der Waals surface area (Å²) in [5.74, 6) is -4.81. The van der Waals surface area contributed by atoms with E-state index in [9.17, 15) is 23.6 Å². The molecule has 0 saturated carbocycles. The second-order valence-electron chi connectivity index (χ2n) is 5.99. The first-order valence-corrected chi connectivity index (χ1v) is 7.98. The van der Waals surface area contributed by atoms with Crippen LogP contribution < -0.4 is 11.1 Å². The first-order valence-electron chi connectivity index (χ1n) is 7.98. The van der Waals surface area contributed by atoms with E-state index >= 15 is 0 Å². The number of carbonyl (C=O) groups excluding carboxylic acids is 4. The molecule has 1 saturated heterocycles. The molecule has 1 aromatic rings. The maximum atomic E-state index is 13.8. The fourth-order valence-electron chi connectivity index (χ4n) is 2.69. The zero-order valence-electron chi connectivity index (χ0n) is 14.0. The summed E-state index contributed by atoms with van der Waals surface area (Å²) in [5.41, 5.74) is 5.98. The molecule has 3 N–H and O–H groups in total. The first kappa shape index (κ1) is 18.7. The number of nitrogens with two attached hydrogens (primary N) is 1. The molecule has 3 atom stereocenters. The predicted octanol–water partition coefficient (Wildman–Crippen LogP) is 1.28. The first-order chi connectivity index (χ1) is 11.8. The van der Waals surface area contributed by atoms with Crippen LogP contribution in [0.1, 0.15) is 38.3 Å². The molecule has 0 aliphatic carbocycles. The summed E-state index contributed by atoms with van der Waals surface area (Å²) in [5, 5.41) is 2.02. The molecule has 0 spiro atoms. The molecule has 1 aromatic carbocycles. The third-order valence-electron chi connectivity index (χ3n) is 4.27. The monoisotopic (exact) mass is 349 g/mol. The molecule has 4 amide bonds. The number of amides is 4. The Morgan fingerprint density at radius 2 is 1.96 bits per heavy atom. The second-order valence-corrected chi connectivity index (χ2v) is 5.99. The van der Waals surface area contributed by atoms with Crippen LogP contribution in [-0.2, 0) is 14.4 Å². The highest BCUT2D eigenvalue weighted by molar-refractivity contribution is 6.26. The fourth-order valence-corrected chi connectivity index (χ4v) is 2.69. The number of urea groups is 1. The lowest BCUT2D eigenvalue weighted by atomic mass is 9.91. The van der Waals surface area contributed by atoms with Crippen molar-refractivity contribution >= 4 is 23.6 Å². The van der Waals surface area contributed by atoms with Crippen molar-refractivity contribution < 1.29 is 23.6 Å². The number of carbonyl (C=O) groups is 4.